The maximum atomic E-state index is 4.26. The fourth-order valence-electron chi connectivity index (χ4n) is 2.56. The molecule has 1 aliphatic heterocycles. The highest BCUT2D eigenvalue weighted by Crippen LogP contribution is 2.34. The van der Waals surface area contributed by atoms with Gasteiger partial charge in [-0.1, -0.05) is 65.5 Å². The maximum Gasteiger partial charge on any atom is 0.0376 e. The van der Waals surface area contributed by atoms with E-state index in [1.54, 1.807) is 0 Å². The summed E-state index contributed by atoms with van der Waals surface area (Å²) in [5, 5.41) is 2.66. The third-order valence-electron chi connectivity index (χ3n) is 3.53. The van der Waals surface area contributed by atoms with Crippen LogP contribution in [0.1, 0.15) is 41.5 Å². The molecule has 0 bridgehead atoms. The highest BCUT2D eigenvalue weighted by atomic mass is 15.1. The summed E-state index contributed by atoms with van der Waals surface area (Å²) >= 11 is 0. The third kappa shape index (κ3) is 2.75. The molecule has 0 aromatic heterocycles. The van der Waals surface area contributed by atoms with Crippen molar-refractivity contribution < 1.29 is 0 Å². The predicted octanol–water partition coefficient (Wildman–Crippen LogP) is 3.50. The molecule has 1 nitrogen and oxygen atoms in total. The van der Waals surface area contributed by atoms with Crippen molar-refractivity contribution in [1.29, 1.82) is 0 Å². The van der Waals surface area contributed by atoms with Crippen LogP contribution in [0.4, 0.5) is 0 Å². The van der Waals surface area contributed by atoms with E-state index in [-0.39, 0.29) is 5.41 Å². The van der Waals surface area contributed by atoms with Crippen molar-refractivity contribution in [2.45, 2.75) is 41.5 Å². The molecule has 1 aromatic rings. The maximum absolute atomic E-state index is 4.26. The number of benzene rings is 1. The Bertz CT molecular complexity index is 585. The second-order valence-corrected chi connectivity index (χ2v) is 5.76. The molecule has 19 heavy (non-hydrogen) atoms. The molecule has 0 saturated carbocycles. The highest BCUT2D eigenvalue weighted by Gasteiger charge is 2.26. The minimum absolute atomic E-state index is 0.113. The smallest absolute Gasteiger partial charge is 0.0376 e. The molecule has 1 aliphatic rings. The van der Waals surface area contributed by atoms with Gasteiger partial charge < -0.3 is 4.90 Å². The van der Waals surface area contributed by atoms with Gasteiger partial charge >= 0.3 is 0 Å². The van der Waals surface area contributed by atoms with Gasteiger partial charge in [-0.05, 0) is 23.1 Å². The molecular weight excluding hydrogens is 230 g/mol. The predicted molar refractivity (Wildman–Crippen MR) is 85.9 cm³/mol. The van der Waals surface area contributed by atoms with Crippen LogP contribution in [0.3, 0.4) is 0 Å². The zero-order chi connectivity index (χ0) is 14.8. The summed E-state index contributed by atoms with van der Waals surface area (Å²) in [7, 11) is 2.10. The first-order valence-electron chi connectivity index (χ1n) is 7.08. The zero-order valence-electron chi connectivity index (χ0n) is 13.5. The minimum Gasteiger partial charge on any atom is -0.348 e. The third-order valence-corrected chi connectivity index (χ3v) is 3.53. The molecule has 1 heteroatoms. The van der Waals surface area contributed by atoms with E-state index in [0.29, 0.717) is 0 Å². The number of allylic oxidation sites excluding steroid dienone is 1. The van der Waals surface area contributed by atoms with Crippen molar-refractivity contribution in [3.05, 3.63) is 47.0 Å². The van der Waals surface area contributed by atoms with Gasteiger partial charge in [-0.25, -0.2) is 0 Å². The summed E-state index contributed by atoms with van der Waals surface area (Å²) in [6.45, 7) is 17.2. The van der Waals surface area contributed by atoms with Gasteiger partial charge in [0.05, 0.1) is 0 Å². The first kappa shape index (κ1) is 15.6. The minimum atomic E-state index is 0.113. The van der Waals surface area contributed by atoms with E-state index in [0.717, 1.165) is 5.70 Å². The molecule has 0 fully saturated rings. The Labute approximate surface area is 118 Å². The lowest BCUT2D eigenvalue weighted by atomic mass is 9.81. The second kappa shape index (κ2) is 5.64. The molecule has 2 rings (SSSR count). The van der Waals surface area contributed by atoms with Crippen molar-refractivity contribution in [2.75, 3.05) is 7.05 Å². The summed E-state index contributed by atoms with van der Waals surface area (Å²) in [6.07, 6.45) is 0. The van der Waals surface area contributed by atoms with Gasteiger partial charge in [0.1, 0.15) is 0 Å². The van der Waals surface area contributed by atoms with Crippen LogP contribution in [0.15, 0.2) is 36.5 Å². The zero-order valence-corrected chi connectivity index (χ0v) is 13.5. The molecule has 0 amide bonds. The van der Waals surface area contributed by atoms with E-state index in [2.05, 4.69) is 70.5 Å². The monoisotopic (exact) mass is 257 g/mol. The van der Waals surface area contributed by atoms with E-state index in [1.807, 2.05) is 13.8 Å². The number of hydrogen-bond acceptors (Lipinski definition) is 1. The fourth-order valence-corrected chi connectivity index (χ4v) is 2.56. The topological polar surface area (TPSA) is 3.24 Å². The Morgan fingerprint density at radius 2 is 1.47 bits per heavy atom. The Morgan fingerprint density at radius 1 is 1.00 bits per heavy atom. The largest absolute Gasteiger partial charge is 0.348 e. The molecule has 104 valence electrons. The Morgan fingerprint density at radius 3 is 1.95 bits per heavy atom. The van der Waals surface area contributed by atoms with Crippen LogP contribution in [-0.2, 0) is 0 Å². The van der Waals surface area contributed by atoms with Crippen molar-refractivity contribution in [2.24, 2.45) is 5.41 Å². The number of hydrogen-bond donors (Lipinski definition) is 0. The van der Waals surface area contributed by atoms with Gasteiger partial charge in [0.2, 0.25) is 0 Å². The molecule has 0 radical (unpaired) electrons. The van der Waals surface area contributed by atoms with E-state index >= 15 is 0 Å². The van der Waals surface area contributed by atoms with Gasteiger partial charge in [0.15, 0.2) is 0 Å². The summed E-state index contributed by atoms with van der Waals surface area (Å²) in [6, 6.07) is 8.61. The van der Waals surface area contributed by atoms with Crippen molar-refractivity contribution in [3.8, 4) is 0 Å². The lowest BCUT2D eigenvalue weighted by molar-refractivity contribution is 0.517. The quantitative estimate of drug-likeness (QED) is 0.687. The normalized spacial score (nSPS) is 14.9. The van der Waals surface area contributed by atoms with E-state index in [1.165, 1.54) is 21.7 Å². The van der Waals surface area contributed by atoms with Gasteiger partial charge in [-0.15, -0.1) is 0 Å². The van der Waals surface area contributed by atoms with E-state index in [9.17, 15) is 0 Å². The van der Waals surface area contributed by atoms with E-state index < -0.39 is 0 Å². The summed E-state index contributed by atoms with van der Waals surface area (Å²) < 4.78 is 0. The Balaban J connectivity index is 0.000000861. The first-order chi connectivity index (χ1) is 8.84. The average Bonchev–Trinajstić information content (AvgIpc) is 2.37. The average molecular weight is 257 g/mol. The number of fused-ring (bicyclic) bond motifs is 1. The number of rotatable bonds is 0. The van der Waals surface area contributed by atoms with Crippen molar-refractivity contribution in [3.63, 3.8) is 0 Å². The Hall–Kier alpha value is -1.50. The first-order valence-corrected chi connectivity index (χ1v) is 7.08. The lowest BCUT2D eigenvalue weighted by Gasteiger charge is -2.34. The van der Waals surface area contributed by atoms with Gasteiger partial charge in [0, 0.05) is 23.7 Å². The van der Waals surface area contributed by atoms with Crippen LogP contribution >= 0.6 is 0 Å². The van der Waals surface area contributed by atoms with Crippen molar-refractivity contribution in [1.82, 2.24) is 4.90 Å². The van der Waals surface area contributed by atoms with Gasteiger partial charge in [-0.2, -0.15) is 0 Å². The standard InChI is InChI=1S/C16H21N.C2H6/c1-11-13-9-7-8-10-14(13)15(16(3,4)5)12(2)17(11)6;1-2/h7-10H,2H2,1,3-6H3;1-2H3. The summed E-state index contributed by atoms with van der Waals surface area (Å²) in [5.74, 6) is 0. The Kier molecular flexibility index (Phi) is 4.62. The molecule has 0 atom stereocenters. The van der Waals surface area contributed by atoms with E-state index in [4.69, 9.17) is 0 Å². The highest BCUT2D eigenvalue weighted by molar-refractivity contribution is 5.72. The molecule has 0 spiro atoms. The van der Waals surface area contributed by atoms with Gasteiger partial charge in [-0.3, -0.25) is 0 Å². The SMILES string of the molecule is C=C1C(C(C)(C)C)=c2ccccc2=C(C)N1C.CC. The molecule has 0 aliphatic carbocycles. The van der Waals surface area contributed by atoms with Crippen LogP contribution in [0.25, 0.3) is 11.3 Å². The molecular formula is C18H27N. The second-order valence-electron chi connectivity index (χ2n) is 5.76. The molecule has 1 aromatic carbocycles. The van der Waals surface area contributed by atoms with Crippen LogP contribution in [0, 0.1) is 5.41 Å². The van der Waals surface area contributed by atoms with Crippen LogP contribution in [0.5, 0.6) is 0 Å². The van der Waals surface area contributed by atoms with Crippen LogP contribution in [0.2, 0.25) is 0 Å². The lowest BCUT2D eigenvalue weighted by Crippen LogP contribution is -2.42. The van der Waals surface area contributed by atoms with Crippen LogP contribution in [-0.4, -0.2) is 11.9 Å². The van der Waals surface area contributed by atoms with Crippen molar-refractivity contribution >= 4 is 11.3 Å². The molecule has 1 heterocycles. The molecule has 0 saturated heterocycles. The van der Waals surface area contributed by atoms with Gasteiger partial charge in [0.25, 0.3) is 0 Å². The molecule has 0 unspecified atom stereocenters. The summed E-state index contributed by atoms with van der Waals surface area (Å²) in [5.41, 5.74) is 3.86. The fraction of sp³-hybridized carbons (Fsp3) is 0.444. The summed E-state index contributed by atoms with van der Waals surface area (Å²) in [4.78, 5) is 2.20. The number of nitrogens with zero attached hydrogens (tertiary/aromatic N) is 1. The van der Waals surface area contributed by atoms with Crippen LogP contribution < -0.4 is 10.4 Å². The molecule has 0 N–H and O–H groups in total.